The average molecular weight is 353 g/mol. The van der Waals surface area contributed by atoms with Gasteiger partial charge in [0, 0.05) is 6.20 Å². The van der Waals surface area contributed by atoms with Crippen LogP contribution in [0.25, 0.3) is 16.8 Å². The lowest BCUT2D eigenvalue weighted by molar-refractivity contribution is -0.274. The smallest absolute Gasteiger partial charge is 0.480 e. The zero-order valence-electron chi connectivity index (χ0n) is 12.4. The van der Waals surface area contributed by atoms with E-state index in [2.05, 4.69) is 9.84 Å². The van der Waals surface area contributed by atoms with Gasteiger partial charge in [0.1, 0.15) is 12.3 Å². The van der Waals surface area contributed by atoms with Gasteiger partial charge < -0.3 is 9.84 Å². The Morgan fingerprint density at radius 2 is 1.76 bits per heavy atom. The molecule has 10 heteroatoms. The summed E-state index contributed by atoms with van der Waals surface area (Å²) in [6.45, 7) is -0.570. The van der Waals surface area contributed by atoms with Gasteiger partial charge in [-0.3, -0.25) is 4.79 Å². The summed E-state index contributed by atoms with van der Waals surface area (Å²) in [4.78, 5) is 22.8. The Morgan fingerprint density at radius 3 is 2.36 bits per heavy atom. The van der Waals surface area contributed by atoms with Crippen LogP contribution in [0.15, 0.2) is 47.4 Å². The number of carboxylic acid groups (broad SMARTS) is 1. The van der Waals surface area contributed by atoms with Crippen molar-refractivity contribution in [2.45, 2.75) is 12.9 Å². The normalized spacial score (nSPS) is 11.6. The Labute approximate surface area is 137 Å². The van der Waals surface area contributed by atoms with Gasteiger partial charge in [0.15, 0.2) is 5.65 Å². The Bertz CT molecular complexity index is 990. The molecular weight excluding hydrogens is 343 g/mol. The second-order valence-electron chi connectivity index (χ2n) is 5.05. The average Bonchev–Trinajstić information content (AvgIpc) is 2.82. The summed E-state index contributed by atoms with van der Waals surface area (Å²) in [5, 5.41) is 12.6. The maximum atomic E-state index is 12.2. The van der Waals surface area contributed by atoms with Crippen molar-refractivity contribution in [2.75, 3.05) is 0 Å². The molecule has 130 valence electrons. The van der Waals surface area contributed by atoms with Crippen LogP contribution in [0.5, 0.6) is 5.75 Å². The highest BCUT2D eigenvalue weighted by Crippen LogP contribution is 2.26. The third kappa shape index (κ3) is 3.62. The van der Waals surface area contributed by atoms with Crippen molar-refractivity contribution in [2.24, 2.45) is 0 Å². The zero-order valence-corrected chi connectivity index (χ0v) is 12.4. The number of hydrogen-bond acceptors (Lipinski definition) is 4. The van der Waals surface area contributed by atoms with E-state index in [0.717, 1.165) is 16.8 Å². The van der Waals surface area contributed by atoms with Crippen molar-refractivity contribution in [3.63, 3.8) is 0 Å². The highest BCUT2D eigenvalue weighted by molar-refractivity contribution is 5.67. The summed E-state index contributed by atoms with van der Waals surface area (Å²) in [6.07, 6.45) is -3.34. The Morgan fingerprint density at radius 1 is 1.12 bits per heavy atom. The van der Waals surface area contributed by atoms with Crippen LogP contribution in [0.4, 0.5) is 13.2 Å². The van der Waals surface area contributed by atoms with Crippen LogP contribution in [-0.4, -0.2) is 31.6 Å². The topological polar surface area (TPSA) is 85.8 Å². The lowest BCUT2D eigenvalue weighted by atomic mass is 10.1. The van der Waals surface area contributed by atoms with Crippen LogP contribution in [-0.2, 0) is 11.3 Å². The highest BCUT2D eigenvalue weighted by Gasteiger charge is 2.30. The minimum absolute atomic E-state index is 0.257. The molecule has 0 radical (unpaired) electrons. The van der Waals surface area contributed by atoms with Crippen LogP contribution in [0, 0.1) is 0 Å². The Kier molecular flexibility index (Phi) is 3.95. The fourth-order valence-electron chi connectivity index (χ4n) is 2.27. The van der Waals surface area contributed by atoms with Gasteiger partial charge in [-0.25, -0.2) is 13.9 Å². The van der Waals surface area contributed by atoms with Gasteiger partial charge in [-0.2, -0.15) is 0 Å². The van der Waals surface area contributed by atoms with Crippen molar-refractivity contribution in [3.05, 3.63) is 53.1 Å². The number of benzene rings is 1. The maximum absolute atomic E-state index is 12.2. The number of aromatic nitrogens is 3. The summed E-state index contributed by atoms with van der Waals surface area (Å²) in [5.74, 6) is -1.56. The summed E-state index contributed by atoms with van der Waals surface area (Å²) >= 11 is 0. The SMILES string of the molecule is O=C(O)Cn1nc2ccc(-c3ccc(OC(F)(F)F)cc3)cn2c1=O. The number of hydrogen-bond donors (Lipinski definition) is 1. The number of pyridine rings is 1. The van der Waals surface area contributed by atoms with E-state index in [4.69, 9.17) is 5.11 Å². The molecule has 0 atom stereocenters. The molecule has 0 unspecified atom stereocenters. The van der Waals surface area contributed by atoms with Crippen molar-refractivity contribution >= 4 is 11.6 Å². The second kappa shape index (κ2) is 5.96. The molecule has 0 amide bonds. The van der Waals surface area contributed by atoms with Crippen molar-refractivity contribution in [1.29, 1.82) is 0 Å². The third-order valence-corrected chi connectivity index (χ3v) is 3.28. The van der Waals surface area contributed by atoms with E-state index in [-0.39, 0.29) is 11.4 Å². The summed E-state index contributed by atoms with van der Waals surface area (Å²) in [6, 6.07) is 8.26. The first-order valence-electron chi connectivity index (χ1n) is 6.90. The summed E-state index contributed by atoms with van der Waals surface area (Å²) < 4.78 is 42.3. The quantitative estimate of drug-likeness (QED) is 0.777. The van der Waals surface area contributed by atoms with Crippen LogP contribution in [0.1, 0.15) is 0 Å². The van der Waals surface area contributed by atoms with Gasteiger partial charge >= 0.3 is 18.0 Å². The number of fused-ring (bicyclic) bond motifs is 1. The monoisotopic (exact) mass is 353 g/mol. The van der Waals surface area contributed by atoms with E-state index in [9.17, 15) is 22.8 Å². The number of aliphatic carboxylic acids is 1. The van der Waals surface area contributed by atoms with Crippen LogP contribution < -0.4 is 10.4 Å². The van der Waals surface area contributed by atoms with Gasteiger partial charge in [0.2, 0.25) is 0 Å². The van der Waals surface area contributed by atoms with E-state index in [1.807, 2.05) is 0 Å². The van der Waals surface area contributed by atoms with E-state index >= 15 is 0 Å². The van der Waals surface area contributed by atoms with E-state index in [0.29, 0.717) is 11.1 Å². The van der Waals surface area contributed by atoms with E-state index < -0.39 is 24.6 Å². The van der Waals surface area contributed by atoms with Gasteiger partial charge in [-0.1, -0.05) is 12.1 Å². The standard InChI is InChI=1S/C15H10F3N3O4/c16-15(17,18)25-11-4-1-9(2-5-11)10-3-6-12-19-21(8-13(22)23)14(24)20(12)7-10/h1-7H,8H2,(H,22,23). The molecule has 1 N–H and O–H groups in total. The summed E-state index contributed by atoms with van der Waals surface area (Å²) in [7, 11) is 0. The molecule has 2 heterocycles. The molecule has 0 aliphatic heterocycles. The lowest BCUT2D eigenvalue weighted by Crippen LogP contribution is -2.24. The number of halogens is 3. The number of carboxylic acids is 1. The molecule has 7 nitrogen and oxygen atoms in total. The minimum Gasteiger partial charge on any atom is -0.480 e. The van der Waals surface area contributed by atoms with E-state index in [1.165, 1.54) is 28.8 Å². The molecule has 2 aromatic heterocycles. The largest absolute Gasteiger partial charge is 0.573 e. The number of carbonyl (C=O) groups is 1. The Hall–Kier alpha value is -3.30. The van der Waals surface area contributed by atoms with Crippen LogP contribution in [0.3, 0.4) is 0 Å². The third-order valence-electron chi connectivity index (χ3n) is 3.28. The van der Waals surface area contributed by atoms with Gasteiger partial charge in [-0.05, 0) is 35.4 Å². The van der Waals surface area contributed by atoms with Crippen LogP contribution in [0.2, 0.25) is 0 Å². The van der Waals surface area contributed by atoms with E-state index in [1.54, 1.807) is 6.07 Å². The molecular formula is C15H10F3N3O4. The number of rotatable bonds is 4. The molecule has 0 saturated heterocycles. The van der Waals surface area contributed by atoms with Crippen molar-refractivity contribution < 1.29 is 27.8 Å². The molecule has 0 aliphatic rings. The van der Waals surface area contributed by atoms with Crippen molar-refractivity contribution in [3.8, 4) is 16.9 Å². The van der Waals surface area contributed by atoms with Crippen LogP contribution >= 0.6 is 0 Å². The van der Waals surface area contributed by atoms with Gasteiger partial charge in [0.25, 0.3) is 0 Å². The molecule has 0 fully saturated rings. The number of ether oxygens (including phenoxy) is 1. The highest BCUT2D eigenvalue weighted by atomic mass is 19.4. The predicted octanol–water partition coefficient (Wildman–Crippen LogP) is 2.15. The first-order chi connectivity index (χ1) is 11.7. The molecule has 0 spiro atoms. The molecule has 3 rings (SSSR count). The van der Waals surface area contributed by atoms with Gasteiger partial charge in [-0.15, -0.1) is 18.3 Å². The molecule has 0 aliphatic carbocycles. The van der Waals surface area contributed by atoms with Gasteiger partial charge in [0.05, 0.1) is 0 Å². The summed E-state index contributed by atoms with van der Waals surface area (Å²) in [5.41, 5.74) is 0.723. The first kappa shape index (κ1) is 16.6. The number of alkyl halides is 3. The zero-order chi connectivity index (χ0) is 18.2. The Balaban J connectivity index is 1.95. The molecule has 0 bridgehead atoms. The fourth-order valence-corrected chi connectivity index (χ4v) is 2.27. The van der Waals surface area contributed by atoms with Crippen molar-refractivity contribution in [1.82, 2.24) is 14.2 Å². The molecule has 1 aromatic carbocycles. The number of nitrogens with zero attached hydrogens (tertiary/aromatic N) is 3. The second-order valence-corrected chi connectivity index (χ2v) is 5.05. The molecule has 25 heavy (non-hydrogen) atoms. The minimum atomic E-state index is -4.77. The molecule has 3 aromatic rings. The first-order valence-corrected chi connectivity index (χ1v) is 6.90. The lowest BCUT2D eigenvalue weighted by Gasteiger charge is -2.09. The maximum Gasteiger partial charge on any atom is 0.573 e. The molecule has 0 saturated carbocycles. The predicted molar refractivity (Wildman–Crippen MR) is 79.2 cm³/mol. The fraction of sp³-hybridized carbons (Fsp3) is 0.133.